The summed E-state index contributed by atoms with van der Waals surface area (Å²) in [6, 6.07) is 6.11. The maximum atomic E-state index is 13.1. The van der Waals surface area contributed by atoms with Crippen molar-refractivity contribution in [3.8, 4) is 0 Å². The van der Waals surface area contributed by atoms with Gasteiger partial charge in [0.2, 0.25) is 15.9 Å². The molecule has 170 valence electrons. The molecule has 1 aliphatic carbocycles. The van der Waals surface area contributed by atoms with Gasteiger partial charge in [0.1, 0.15) is 12.0 Å². The Morgan fingerprint density at radius 1 is 1.09 bits per heavy atom. The Kier molecular flexibility index (Phi) is 7.12. The van der Waals surface area contributed by atoms with Crippen molar-refractivity contribution in [1.82, 2.24) is 9.62 Å². The average Bonchev–Trinajstić information content (AvgIpc) is 3.10. The Hall–Kier alpha value is -2.84. The summed E-state index contributed by atoms with van der Waals surface area (Å²) < 4.78 is 38.7. The van der Waals surface area contributed by atoms with E-state index in [4.69, 9.17) is 9.47 Å². The molecule has 0 spiro atoms. The minimum Gasteiger partial charge on any atom is -0.464 e. The van der Waals surface area contributed by atoms with Gasteiger partial charge in [-0.05, 0) is 43.9 Å². The topological polar surface area (TPSA) is 84.9 Å². The molecule has 2 aliphatic heterocycles. The first-order valence-corrected chi connectivity index (χ1v) is 12.4. The van der Waals surface area contributed by atoms with Crippen molar-refractivity contribution >= 4 is 15.9 Å². The zero-order valence-electron chi connectivity index (χ0n) is 18.0. The quantitative estimate of drug-likeness (QED) is 0.689. The van der Waals surface area contributed by atoms with Crippen LogP contribution in [0.25, 0.3) is 0 Å². The van der Waals surface area contributed by atoms with Gasteiger partial charge >= 0.3 is 0 Å². The van der Waals surface area contributed by atoms with E-state index in [9.17, 15) is 13.2 Å². The summed E-state index contributed by atoms with van der Waals surface area (Å²) in [5, 5.41) is 2.66. The molecule has 1 fully saturated rings. The number of ether oxygens (including phenoxy) is 2. The van der Waals surface area contributed by atoms with E-state index in [0.717, 1.165) is 38.5 Å². The Morgan fingerprint density at radius 2 is 1.91 bits per heavy atom. The molecular formula is C24H28N2O5S. The number of amides is 1. The van der Waals surface area contributed by atoms with Crippen LogP contribution in [-0.4, -0.2) is 31.7 Å². The van der Waals surface area contributed by atoms with Crippen LogP contribution in [0.4, 0.5) is 0 Å². The minimum atomic E-state index is -3.64. The minimum absolute atomic E-state index is 0.125. The summed E-state index contributed by atoms with van der Waals surface area (Å²) in [6.45, 7) is 1.02. The molecular weight excluding hydrogens is 428 g/mol. The van der Waals surface area contributed by atoms with Crippen LogP contribution < -0.4 is 5.32 Å². The summed E-state index contributed by atoms with van der Waals surface area (Å²) in [6.07, 6.45) is 15.4. The molecule has 1 aromatic rings. The number of allylic oxidation sites excluding steroid dienone is 4. The van der Waals surface area contributed by atoms with E-state index in [2.05, 4.69) is 17.5 Å². The fraction of sp³-hybridized carbons (Fsp3) is 0.375. The van der Waals surface area contributed by atoms with Crippen molar-refractivity contribution in [1.29, 1.82) is 0 Å². The maximum absolute atomic E-state index is 13.1. The van der Waals surface area contributed by atoms with E-state index in [1.54, 1.807) is 12.1 Å². The largest absolute Gasteiger partial charge is 0.464 e. The van der Waals surface area contributed by atoms with Gasteiger partial charge < -0.3 is 9.47 Å². The lowest BCUT2D eigenvalue weighted by atomic mass is 10.0. The summed E-state index contributed by atoms with van der Waals surface area (Å²) in [4.78, 5) is 12.9. The molecule has 1 amide bonds. The third-order valence-corrected chi connectivity index (χ3v) is 7.55. The monoisotopic (exact) mass is 456 g/mol. The number of sulfonamides is 1. The number of nitrogens with zero attached hydrogens (tertiary/aromatic N) is 1. The van der Waals surface area contributed by atoms with Crippen molar-refractivity contribution in [3.63, 3.8) is 0 Å². The molecule has 0 radical (unpaired) electrons. The van der Waals surface area contributed by atoms with Crippen molar-refractivity contribution in [2.75, 3.05) is 13.1 Å². The molecule has 0 saturated carbocycles. The standard InChI is InChI=1S/C24H28N2O5S/c27-24(25-23-18-30-17-21(31-23)15-19-9-4-3-5-10-19)20-11-8-12-22(16-20)32(28,29)26-13-6-1-2-7-14-26/h3-4,8-9,11-12,16-18H,1-2,5-7,10,13-15H2,(H,25,27). The van der Waals surface area contributed by atoms with Crippen LogP contribution in [0.3, 0.4) is 0 Å². The predicted octanol–water partition coefficient (Wildman–Crippen LogP) is 4.33. The summed E-state index contributed by atoms with van der Waals surface area (Å²) >= 11 is 0. The lowest BCUT2D eigenvalue weighted by molar-refractivity contribution is 0.0922. The average molecular weight is 457 g/mol. The van der Waals surface area contributed by atoms with Gasteiger partial charge in [0.25, 0.3) is 5.91 Å². The Balaban J connectivity index is 1.41. The van der Waals surface area contributed by atoms with Crippen molar-refractivity contribution < 1.29 is 22.7 Å². The van der Waals surface area contributed by atoms with Crippen LogP contribution in [0.15, 0.2) is 77.1 Å². The highest BCUT2D eigenvalue weighted by Crippen LogP contribution is 2.25. The second-order valence-electron chi connectivity index (χ2n) is 8.07. The SMILES string of the molecule is O=C(NC1=COC=C(CC2=CC=CCC2)O1)c1cccc(S(=O)(=O)N2CCCCCC2)c1. The molecule has 1 N–H and O–H groups in total. The summed E-state index contributed by atoms with van der Waals surface area (Å²) in [5.41, 5.74) is 1.46. The number of benzene rings is 1. The fourth-order valence-corrected chi connectivity index (χ4v) is 5.49. The Labute approximate surface area is 189 Å². The van der Waals surface area contributed by atoms with Gasteiger partial charge in [0.15, 0.2) is 6.26 Å². The lowest BCUT2D eigenvalue weighted by Gasteiger charge is -2.20. The molecule has 32 heavy (non-hydrogen) atoms. The smallest absolute Gasteiger partial charge is 0.258 e. The normalized spacial score (nSPS) is 19.6. The molecule has 4 rings (SSSR count). The number of carbonyl (C=O) groups is 1. The van der Waals surface area contributed by atoms with E-state index in [1.807, 2.05) is 6.08 Å². The molecule has 1 aromatic carbocycles. The predicted molar refractivity (Wildman–Crippen MR) is 121 cm³/mol. The van der Waals surface area contributed by atoms with Crippen LogP contribution in [0.1, 0.15) is 55.3 Å². The third kappa shape index (κ3) is 5.49. The Morgan fingerprint density at radius 3 is 2.66 bits per heavy atom. The number of rotatable bonds is 6. The van der Waals surface area contributed by atoms with Crippen LogP contribution in [-0.2, 0) is 19.5 Å². The Bertz CT molecular complexity index is 1080. The molecule has 0 aromatic heterocycles. The number of nitrogens with one attached hydrogen (secondary N) is 1. The van der Waals surface area contributed by atoms with Gasteiger partial charge in [-0.2, -0.15) is 4.31 Å². The number of hydrogen-bond acceptors (Lipinski definition) is 5. The number of hydrogen-bond donors (Lipinski definition) is 1. The molecule has 0 atom stereocenters. The van der Waals surface area contributed by atoms with Gasteiger partial charge in [-0.25, -0.2) is 8.42 Å². The molecule has 0 bridgehead atoms. The van der Waals surface area contributed by atoms with Gasteiger partial charge in [-0.15, -0.1) is 0 Å². The first-order chi connectivity index (χ1) is 15.5. The highest BCUT2D eigenvalue weighted by Gasteiger charge is 2.26. The second-order valence-corrected chi connectivity index (χ2v) is 10.0. The van der Waals surface area contributed by atoms with Crippen LogP contribution in [0.5, 0.6) is 0 Å². The zero-order valence-corrected chi connectivity index (χ0v) is 18.8. The summed E-state index contributed by atoms with van der Waals surface area (Å²) in [5.74, 6) is 0.302. The van der Waals surface area contributed by atoms with Crippen molar-refractivity contribution in [2.45, 2.75) is 49.8 Å². The van der Waals surface area contributed by atoms with Crippen LogP contribution in [0, 0.1) is 0 Å². The molecule has 7 nitrogen and oxygen atoms in total. The molecule has 3 aliphatic rings. The number of carbonyl (C=O) groups excluding carboxylic acids is 1. The lowest BCUT2D eigenvalue weighted by Crippen LogP contribution is -2.32. The van der Waals surface area contributed by atoms with Crippen LogP contribution in [0.2, 0.25) is 0 Å². The van der Waals surface area contributed by atoms with E-state index < -0.39 is 15.9 Å². The van der Waals surface area contributed by atoms with Gasteiger partial charge in [-0.3, -0.25) is 10.1 Å². The van der Waals surface area contributed by atoms with Crippen LogP contribution >= 0.6 is 0 Å². The zero-order chi connectivity index (χ0) is 22.4. The summed E-state index contributed by atoms with van der Waals surface area (Å²) in [7, 11) is -3.64. The molecule has 2 heterocycles. The van der Waals surface area contributed by atoms with E-state index in [0.29, 0.717) is 25.3 Å². The van der Waals surface area contributed by atoms with Gasteiger partial charge in [0.05, 0.1) is 4.90 Å². The molecule has 1 saturated heterocycles. The van der Waals surface area contributed by atoms with E-state index in [1.165, 1.54) is 34.5 Å². The second kappa shape index (κ2) is 10.2. The maximum Gasteiger partial charge on any atom is 0.258 e. The van der Waals surface area contributed by atoms with E-state index in [-0.39, 0.29) is 16.3 Å². The van der Waals surface area contributed by atoms with Gasteiger partial charge in [0, 0.05) is 25.1 Å². The first-order valence-electron chi connectivity index (χ1n) is 11.0. The van der Waals surface area contributed by atoms with E-state index >= 15 is 0 Å². The van der Waals surface area contributed by atoms with Crippen molar-refractivity contribution in [2.24, 2.45) is 0 Å². The van der Waals surface area contributed by atoms with Gasteiger partial charge in [-0.1, -0.05) is 42.7 Å². The first kappa shape index (κ1) is 22.4. The highest BCUT2D eigenvalue weighted by molar-refractivity contribution is 7.89. The highest BCUT2D eigenvalue weighted by atomic mass is 32.2. The van der Waals surface area contributed by atoms with Crippen molar-refractivity contribution in [3.05, 3.63) is 77.8 Å². The third-order valence-electron chi connectivity index (χ3n) is 5.65. The molecule has 8 heteroatoms. The molecule has 0 unspecified atom stereocenters. The fourth-order valence-electron chi connectivity index (χ4n) is 3.93.